The van der Waals surface area contributed by atoms with Gasteiger partial charge in [0.25, 0.3) is 0 Å². The molecule has 1 amide bonds. The van der Waals surface area contributed by atoms with E-state index in [1.807, 2.05) is 25.7 Å². The van der Waals surface area contributed by atoms with Crippen LogP contribution in [0.2, 0.25) is 0 Å². The fourth-order valence-corrected chi connectivity index (χ4v) is 6.36. The monoisotopic (exact) mass is 498 g/mol. The molecule has 3 heterocycles. The minimum atomic E-state index is -4.24. The predicted octanol–water partition coefficient (Wildman–Crippen LogP) is 6.84. The number of piperidine rings is 1. The van der Waals surface area contributed by atoms with Crippen LogP contribution in [-0.4, -0.2) is 46.1 Å². The fraction of sp³-hybridized carbons (Fsp3) is 0.846. The first-order chi connectivity index (χ1) is 16.5. The molecule has 2 aliphatic heterocycles. The molecule has 1 aromatic rings. The second-order valence-electron chi connectivity index (χ2n) is 11.9. The average Bonchev–Trinajstić information content (AvgIpc) is 3.46. The number of alkyl halides is 3. The molecular weight excluding hydrogens is 461 g/mol. The summed E-state index contributed by atoms with van der Waals surface area (Å²) in [6.45, 7) is 5.83. The van der Waals surface area contributed by atoms with Crippen molar-refractivity contribution in [1.82, 2.24) is 10.1 Å². The largest absolute Gasteiger partial charge is 0.444 e. The molecule has 4 unspecified atom stereocenters. The van der Waals surface area contributed by atoms with Crippen LogP contribution in [-0.2, 0) is 16.1 Å². The smallest absolute Gasteiger partial charge is 0.410 e. The summed E-state index contributed by atoms with van der Waals surface area (Å²) in [5.74, 6) is -1.07. The van der Waals surface area contributed by atoms with Gasteiger partial charge in [-0.1, -0.05) is 18.0 Å². The molecule has 5 rings (SSSR count). The van der Waals surface area contributed by atoms with Gasteiger partial charge in [-0.15, -0.1) is 0 Å². The van der Waals surface area contributed by atoms with Gasteiger partial charge in [-0.3, -0.25) is 0 Å². The Labute approximate surface area is 204 Å². The van der Waals surface area contributed by atoms with E-state index in [0.717, 1.165) is 43.4 Å². The summed E-state index contributed by atoms with van der Waals surface area (Å²) in [5, 5.41) is 4.22. The lowest BCUT2D eigenvalue weighted by atomic mass is 9.76. The normalized spacial score (nSPS) is 31.6. The molecule has 0 aromatic carbocycles. The SMILES string of the molecule is CC(C)(C)OC(=O)N1C2CC[C@H]1CC(OCc1c(C3CCCCC3C(F)(F)F)noc1C1CC1)C2. The molecule has 9 heteroatoms. The van der Waals surface area contributed by atoms with Crippen LogP contribution in [0.3, 0.4) is 0 Å². The van der Waals surface area contributed by atoms with Gasteiger partial charge in [0.2, 0.25) is 0 Å². The Balaban J connectivity index is 1.29. The van der Waals surface area contributed by atoms with Crippen LogP contribution in [0.5, 0.6) is 0 Å². The van der Waals surface area contributed by atoms with Gasteiger partial charge in [0, 0.05) is 29.5 Å². The van der Waals surface area contributed by atoms with Crippen molar-refractivity contribution >= 4 is 6.09 Å². The molecule has 2 bridgehead atoms. The molecule has 1 aromatic heterocycles. The first kappa shape index (κ1) is 24.9. The molecule has 5 atom stereocenters. The molecule has 196 valence electrons. The maximum absolute atomic E-state index is 13.8. The molecule has 4 fully saturated rings. The number of carbonyl (C=O) groups excluding carboxylic acids is 1. The third-order valence-electron chi connectivity index (χ3n) is 8.09. The zero-order chi connectivity index (χ0) is 25.0. The molecule has 4 aliphatic rings. The van der Waals surface area contributed by atoms with Gasteiger partial charge < -0.3 is 18.9 Å². The van der Waals surface area contributed by atoms with Crippen LogP contribution in [0.15, 0.2) is 4.52 Å². The van der Waals surface area contributed by atoms with E-state index >= 15 is 0 Å². The van der Waals surface area contributed by atoms with Crippen molar-refractivity contribution < 1.29 is 32.0 Å². The van der Waals surface area contributed by atoms with Gasteiger partial charge >= 0.3 is 12.3 Å². The highest BCUT2D eigenvalue weighted by Gasteiger charge is 2.49. The van der Waals surface area contributed by atoms with Crippen molar-refractivity contribution in [3.63, 3.8) is 0 Å². The molecule has 6 nitrogen and oxygen atoms in total. The summed E-state index contributed by atoms with van der Waals surface area (Å²) in [6, 6.07) is 0.151. The number of hydrogen-bond donors (Lipinski definition) is 0. The van der Waals surface area contributed by atoms with Gasteiger partial charge in [-0.25, -0.2) is 4.79 Å². The van der Waals surface area contributed by atoms with Crippen LogP contribution in [0, 0.1) is 5.92 Å². The predicted molar refractivity (Wildman–Crippen MR) is 122 cm³/mol. The Hall–Kier alpha value is -1.77. The van der Waals surface area contributed by atoms with Crippen molar-refractivity contribution in [1.29, 1.82) is 0 Å². The highest BCUT2D eigenvalue weighted by atomic mass is 19.4. The van der Waals surface area contributed by atoms with E-state index in [1.54, 1.807) is 0 Å². The molecular formula is C26H37F3N2O4. The summed E-state index contributed by atoms with van der Waals surface area (Å²) >= 11 is 0. The highest BCUT2D eigenvalue weighted by molar-refractivity contribution is 5.69. The van der Waals surface area contributed by atoms with E-state index in [1.165, 1.54) is 0 Å². The number of halogens is 3. The van der Waals surface area contributed by atoms with E-state index in [2.05, 4.69) is 5.16 Å². The van der Waals surface area contributed by atoms with E-state index in [-0.39, 0.29) is 43.2 Å². The number of hydrogen-bond acceptors (Lipinski definition) is 5. The van der Waals surface area contributed by atoms with E-state index < -0.39 is 23.6 Å². The maximum atomic E-state index is 13.8. The van der Waals surface area contributed by atoms with Crippen molar-refractivity contribution in [2.75, 3.05) is 0 Å². The molecule has 35 heavy (non-hydrogen) atoms. The number of carbonyl (C=O) groups is 1. The van der Waals surface area contributed by atoms with Crippen LogP contribution >= 0.6 is 0 Å². The minimum absolute atomic E-state index is 0.0502. The number of rotatable bonds is 5. The summed E-state index contributed by atoms with van der Waals surface area (Å²) < 4.78 is 59.1. The van der Waals surface area contributed by atoms with Crippen LogP contribution in [0.4, 0.5) is 18.0 Å². The zero-order valence-electron chi connectivity index (χ0n) is 20.9. The summed E-state index contributed by atoms with van der Waals surface area (Å²) in [4.78, 5) is 14.6. The number of fused-ring (bicyclic) bond motifs is 2. The average molecular weight is 499 g/mol. The summed E-state index contributed by atoms with van der Waals surface area (Å²) in [6.07, 6.45) is 2.66. The van der Waals surface area contributed by atoms with E-state index in [0.29, 0.717) is 31.4 Å². The van der Waals surface area contributed by atoms with E-state index in [9.17, 15) is 18.0 Å². The standard InChI is InChI=1S/C26H37F3N2O4/c1-25(2,3)34-24(32)31-16-10-11-17(31)13-18(12-16)33-14-20-22(30-35-23(20)15-8-9-15)19-6-4-5-7-21(19)26(27,28)29/h15-19,21H,4-14H2,1-3H3/t16-,17?,18?,19?,21?/m0/s1. The maximum Gasteiger partial charge on any atom is 0.410 e. The van der Waals surface area contributed by atoms with Crippen LogP contribution in [0.25, 0.3) is 0 Å². The number of amides is 1. The fourth-order valence-electron chi connectivity index (χ4n) is 6.36. The summed E-state index contributed by atoms with van der Waals surface area (Å²) in [7, 11) is 0. The van der Waals surface area contributed by atoms with Gasteiger partial charge in [-0.2, -0.15) is 13.2 Å². The lowest BCUT2D eigenvalue weighted by Gasteiger charge is -2.39. The Kier molecular flexibility index (Phi) is 6.60. The topological polar surface area (TPSA) is 64.8 Å². The Morgan fingerprint density at radius 3 is 2.29 bits per heavy atom. The highest BCUT2D eigenvalue weighted by Crippen LogP contribution is 2.50. The van der Waals surface area contributed by atoms with Gasteiger partial charge in [0.1, 0.15) is 11.4 Å². The van der Waals surface area contributed by atoms with Gasteiger partial charge in [0.05, 0.1) is 24.3 Å². The van der Waals surface area contributed by atoms with Crippen molar-refractivity contribution in [2.24, 2.45) is 5.92 Å². The van der Waals surface area contributed by atoms with Crippen molar-refractivity contribution in [2.45, 2.75) is 133 Å². The van der Waals surface area contributed by atoms with Crippen LogP contribution < -0.4 is 0 Å². The molecule has 2 saturated carbocycles. The van der Waals surface area contributed by atoms with Crippen molar-refractivity contribution in [3.05, 3.63) is 17.0 Å². The molecule has 0 radical (unpaired) electrons. The lowest BCUT2D eigenvalue weighted by molar-refractivity contribution is -0.187. The number of ether oxygens (including phenoxy) is 2. The third kappa shape index (κ3) is 5.35. The Morgan fingerprint density at radius 2 is 1.69 bits per heavy atom. The lowest BCUT2D eigenvalue weighted by Crippen LogP contribution is -2.50. The molecule has 2 aliphatic carbocycles. The third-order valence-corrected chi connectivity index (χ3v) is 8.09. The van der Waals surface area contributed by atoms with E-state index in [4.69, 9.17) is 14.0 Å². The minimum Gasteiger partial charge on any atom is -0.444 e. The molecule has 0 N–H and O–H groups in total. The molecule has 2 saturated heterocycles. The van der Waals surface area contributed by atoms with Gasteiger partial charge in [-0.05, 0) is 72.1 Å². The number of aromatic nitrogens is 1. The Bertz CT molecular complexity index is 907. The van der Waals surface area contributed by atoms with Crippen molar-refractivity contribution in [3.8, 4) is 0 Å². The quantitative estimate of drug-likeness (QED) is 0.445. The zero-order valence-corrected chi connectivity index (χ0v) is 20.9. The van der Waals surface area contributed by atoms with Gasteiger partial charge in [0.15, 0.2) is 0 Å². The molecule has 0 spiro atoms. The number of nitrogens with zero attached hydrogens (tertiary/aromatic N) is 2. The van der Waals surface area contributed by atoms with Crippen LogP contribution in [0.1, 0.15) is 114 Å². The first-order valence-electron chi connectivity index (χ1n) is 13.2. The Morgan fingerprint density at radius 1 is 1.03 bits per heavy atom. The second kappa shape index (κ2) is 9.27. The second-order valence-corrected chi connectivity index (χ2v) is 11.9. The first-order valence-corrected chi connectivity index (χ1v) is 13.2. The summed E-state index contributed by atoms with van der Waals surface area (Å²) in [5.41, 5.74) is 0.667.